The molecule has 0 radical (unpaired) electrons. The van der Waals surface area contributed by atoms with Gasteiger partial charge in [0.25, 0.3) is 0 Å². The lowest BCUT2D eigenvalue weighted by molar-refractivity contribution is 0.994. The minimum atomic E-state index is 0.499. The van der Waals surface area contributed by atoms with E-state index in [4.69, 9.17) is 11.6 Å². The van der Waals surface area contributed by atoms with Gasteiger partial charge in [-0.1, -0.05) is 23.4 Å². The summed E-state index contributed by atoms with van der Waals surface area (Å²) in [5, 5.41) is 2.53. The first-order valence-electron chi connectivity index (χ1n) is 4.68. The predicted molar refractivity (Wildman–Crippen MR) is 68.2 cm³/mol. The van der Waals surface area contributed by atoms with Gasteiger partial charge in [0.1, 0.15) is 11.0 Å². The molecule has 3 nitrogen and oxygen atoms in total. The number of aromatic nitrogens is 3. The highest BCUT2D eigenvalue weighted by molar-refractivity contribution is 8.00. The summed E-state index contributed by atoms with van der Waals surface area (Å²) in [6, 6.07) is 1.75. The van der Waals surface area contributed by atoms with Crippen molar-refractivity contribution in [1.82, 2.24) is 15.0 Å². The average Bonchev–Trinajstić information content (AvgIpc) is 2.60. The molecule has 0 N–H and O–H groups in total. The first-order valence-corrected chi connectivity index (χ1v) is 6.93. The van der Waals surface area contributed by atoms with Crippen LogP contribution < -0.4 is 0 Å². The summed E-state index contributed by atoms with van der Waals surface area (Å²) in [5.41, 5.74) is 1.95. The topological polar surface area (TPSA) is 38.7 Å². The van der Waals surface area contributed by atoms with Gasteiger partial charge in [-0.25, -0.2) is 15.0 Å². The van der Waals surface area contributed by atoms with E-state index < -0.39 is 0 Å². The van der Waals surface area contributed by atoms with Gasteiger partial charge < -0.3 is 0 Å². The van der Waals surface area contributed by atoms with Gasteiger partial charge >= 0.3 is 0 Å². The molecule has 2 aromatic heterocycles. The van der Waals surface area contributed by atoms with Crippen LogP contribution in [-0.4, -0.2) is 15.0 Å². The van der Waals surface area contributed by atoms with Crippen molar-refractivity contribution in [2.24, 2.45) is 0 Å². The molecule has 2 aromatic rings. The molecule has 2 rings (SSSR count). The fraction of sp³-hybridized carbons (Fsp3) is 0.300. The number of hydrogen-bond donors (Lipinski definition) is 0. The molecule has 0 fully saturated rings. The molecule has 0 saturated heterocycles. The van der Waals surface area contributed by atoms with Gasteiger partial charge in [-0.05, 0) is 19.9 Å². The molecule has 16 heavy (non-hydrogen) atoms. The van der Waals surface area contributed by atoms with Crippen LogP contribution in [0.1, 0.15) is 17.2 Å². The van der Waals surface area contributed by atoms with E-state index in [0.717, 1.165) is 21.6 Å². The lowest BCUT2D eigenvalue weighted by Crippen LogP contribution is -1.95. The molecule has 6 heteroatoms. The number of nitrogens with zero attached hydrogens (tertiary/aromatic N) is 3. The Labute approximate surface area is 107 Å². The fourth-order valence-electron chi connectivity index (χ4n) is 1.18. The molecule has 84 valence electrons. The minimum absolute atomic E-state index is 0.499. The Hall–Kier alpha value is -0.650. The highest BCUT2D eigenvalue weighted by atomic mass is 35.5. The number of halogens is 1. The minimum Gasteiger partial charge on any atom is -0.237 e. The lowest BCUT2D eigenvalue weighted by atomic mass is 10.4. The molecule has 0 spiro atoms. The first kappa shape index (κ1) is 11.8. The van der Waals surface area contributed by atoms with Crippen LogP contribution in [0.4, 0.5) is 0 Å². The zero-order valence-electron chi connectivity index (χ0n) is 8.90. The molecule has 0 atom stereocenters. The summed E-state index contributed by atoms with van der Waals surface area (Å²) in [6.07, 6.45) is 0. The van der Waals surface area contributed by atoms with Crippen LogP contribution in [0, 0.1) is 13.8 Å². The first-order chi connectivity index (χ1) is 7.63. The summed E-state index contributed by atoms with van der Waals surface area (Å²) in [4.78, 5) is 12.8. The third kappa shape index (κ3) is 3.17. The Balaban J connectivity index is 2.04. The zero-order chi connectivity index (χ0) is 11.5. The van der Waals surface area contributed by atoms with Crippen molar-refractivity contribution in [2.75, 3.05) is 0 Å². The van der Waals surface area contributed by atoms with E-state index in [1.807, 2.05) is 19.2 Å². The van der Waals surface area contributed by atoms with Crippen LogP contribution in [0.3, 0.4) is 0 Å². The van der Waals surface area contributed by atoms with Crippen LogP contribution in [0.15, 0.2) is 15.8 Å². The number of rotatable bonds is 3. The normalized spacial score (nSPS) is 10.7. The van der Waals surface area contributed by atoms with Gasteiger partial charge in [-0.2, -0.15) is 0 Å². The molecule has 0 aromatic carbocycles. The Morgan fingerprint density at radius 2 is 2.06 bits per heavy atom. The molecule has 2 heterocycles. The van der Waals surface area contributed by atoms with Crippen molar-refractivity contribution in [2.45, 2.75) is 23.9 Å². The van der Waals surface area contributed by atoms with Gasteiger partial charge in [0.2, 0.25) is 0 Å². The third-order valence-electron chi connectivity index (χ3n) is 1.79. The fourth-order valence-corrected chi connectivity index (χ4v) is 3.14. The maximum absolute atomic E-state index is 5.86. The van der Waals surface area contributed by atoms with Crippen molar-refractivity contribution in [3.05, 3.63) is 33.8 Å². The van der Waals surface area contributed by atoms with E-state index >= 15 is 0 Å². The van der Waals surface area contributed by atoms with E-state index in [0.29, 0.717) is 10.9 Å². The summed E-state index contributed by atoms with van der Waals surface area (Å²) >= 11 is 9.14. The number of aryl methyl sites for hydroxylation is 2. The van der Waals surface area contributed by atoms with Crippen molar-refractivity contribution >= 4 is 34.7 Å². The molecule has 0 bridgehead atoms. The maximum Gasteiger partial charge on any atom is 0.150 e. The van der Waals surface area contributed by atoms with Crippen LogP contribution in [0.2, 0.25) is 5.15 Å². The van der Waals surface area contributed by atoms with Gasteiger partial charge in [-0.15, -0.1) is 11.3 Å². The van der Waals surface area contributed by atoms with Crippen molar-refractivity contribution in [3.63, 3.8) is 0 Å². The standard InChI is InChI=1S/C10H10ClN3S2/c1-6-3-8(11)14-9(12-6)5-16-10-13-7(2)4-15-10/h3-4H,5H2,1-2H3. The molecule has 0 saturated carbocycles. The van der Waals surface area contributed by atoms with Gasteiger partial charge in [-0.3, -0.25) is 0 Å². The second-order valence-corrected chi connectivity index (χ2v) is 5.76. The van der Waals surface area contributed by atoms with Crippen molar-refractivity contribution < 1.29 is 0 Å². The number of hydrogen-bond acceptors (Lipinski definition) is 5. The van der Waals surface area contributed by atoms with E-state index in [2.05, 4.69) is 15.0 Å². The molecule has 0 amide bonds. The lowest BCUT2D eigenvalue weighted by Gasteiger charge is -2.00. The molecular weight excluding hydrogens is 262 g/mol. The number of thioether (sulfide) groups is 1. The van der Waals surface area contributed by atoms with E-state index in [9.17, 15) is 0 Å². The van der Waals surface area contributed by atoms with E-state index in [1.165, 1.54) is 0 Å². The van der Waals surface area contributed by atoms with Gasteiger partial charge in [0, 0.05) is 16.8 Å². The van der Waals surface area contributed by atoms with Gasteiger partial charge in [0.15, 0.2) is 4.34 Å². The Bertz CT molecular complexity index is 478. The van der Waals surface area contributed by atoms with Gasteiger partial charge in [0.05, 0.1) is 5.75 Å². The SMILES string of the molecule is Cc1cc(Cl)nc(CSc2nc(C)cs2)n1. The second kappa shape index (κ2) is 5.12. The highest BCUT2D eigenvalue weighted by Crippen LogP contribution is 2.25. The molecule has 0 aliphatic rings. The molecule has 0 aliphatic carbocycles. The smallest absolute Gasteiger partial charge is 0.150 e. The summed E-state index contributed by atoms with van der Waals surface area (Å²) < 4.78 is 1.04. The van der Waals surface area contributed by atoms with Crippen LogP contribution >= 0.6 is 34.7 Å². The quantitative estimate of drug-likeness (QED) is 0.633. The van der Waals surface area contributed by atoms with Crippen molar-refractivity contribution in [1.29, 1.82) is 0 Å². The van der Waals surface area contributed by atoms with Crippen LogP contribution in [-0.2, 0) is 5.75 Å². The number of thiazole rings is 1. The largest absolute Gasteiger partial charge is 0.237 e. The highest BCUT2D eigenvalue weighted by Gasteiger charge is 2.04. The Morgan fingerprint density at radius 3 is 2.69 bits per heavy atom. The van der Waals surface area contributed by atoms with Crippen LogP contribution in [0.5, 0.6) is 0 Å². The molecule has 0 aliphatic heterocycles. The summed E-state index contributed by atoms with van der Waals surface area (Å²) in [5.74, 6) is 1.46. The second-order valence-electron chi connectivity index (χ2n) is 3.29. The van der Waals surface area contributed by atoms with Crippen molar-refractivity contribution in [3.8, 4) is 0 Å². The van der Waals surface area contributed by atoms with E-state index in [-0.39, 0.29) is 0 Å². The predicted octanol–water partition coefficient (Wildman–Crippen LogP) is 3.50. The summed E-state index contributed by atoms with van der Waals surface area (Å²) in [6.45, 7) is 3.90. The maximum atomic E-state index is 5.86. The van der Waals surface area contributed by atoms with Crippen LogP contribution in [0.25, 0.3) is 0 Å². The average molecular weight is 272 g/mol. The third-order valence-corrected chi connectivity index (χ3v) is 4.12. The molecule has 0 unspecified atom stereocenters. The van der Waals surface area contributed by atoms with E-state index in [1.54, 1.807) is 29.2 Å². The Kier molecular flexibility index (Phi) is 3.78. The summed E-state index contributed by atoms with van der Waals surface area (Å²) in [7, 11) is 0. The zero-order valence-corrected chi connectivity index (χ0v) is 11.3. The monoisotopic (exact) mass is 271 g/mol. The molecular formula is C10H10ClN3S2. The Morgan fingerprint density at radius 1 is 1.25 bits per heavy atom.